The van der Waals surface area contributed by atoms with Gasteiger partial charge in [0.2, 0.25) is 0 Å². The average molecular weight is 413 g/mol. The van der Waals surface area contributed by atoms with Gasteiger partial charge >= 0.3 is 12.1 Å². The highest BCUT2D eigenvalue weighted by Crippen LogP contribution is 2.44. The molecule has 0 unspecified atom stereocenters. The van der Waals surface area contributed by atoms with Gasteiger partial charge in [-0.25, -0.2) is 9.59 Å². The third-order valence-corrected chi connectivity index (χ3v) is 5.23. The second kappa shape index (κ2) is 10.2. The second-order valence-electron chi connectivity index (χ2n) is 7.04. The number of rotatable bonds is 10. The van der Waals surface area contributed by atoms with Crippen molar-refractivity contribution in [3.05, 3.63) is 59.7 Å². The molecule has 1 atom stereocenters. The van der Waals surface area contributed by atoms with E-state index in [1.165, 1.54) is 7.05 Å². The SMILES string of the molecule is CCOCCOC[C@@H](C(=O)O)N(C)C(=O)OCC1c2ccccc2-c2ccccc21. The summed E-state index contributed by atoms with van der Waals surface area (Å²) in [5, 5.41) is 9.47. The van der Waals surface area contributed by atoms with E-state index in [0.717, 1.165) is 27.2 Å². The van der Waals surface area contributed by atoms with Gasteiger partial charge in [0, 0.05) is 19.6 Å². The molecule has 2 aromatic carbocycles. The monoisotopic (exact) mass is 413 g/mol. The van der Waals surface area contributed by atoms with Gasteiger partial charge in [-0.1, -0.05) is 48.5 Å². The molecule has 0 aliphatic heterocycles. The van der Waals surface area contributed by atoms with E-state index >= 15 is 0 Å². The molecule has 7 nitrogen and oxygen atoms in total. The predicted molar refractivity (Wildman–Crippen MR) is 112 cm³/mol. The Morgan fingerprint density at radius 2 is 1.57 bits per heavy atom. The zero-order chi connectivity index (χ0) is 21.5. The minimum atomic E-state index is -1.15. The molecular formula is C23H27NO6. The zero-order valence-electron chi connectivity index (χ0n) is 17.2. The fraction of sp³-hybridized carbons (Fsp3) is 0.391. The van der Waals surface area contributed by atoms with Gasteiger partial charge in [-0.2, -0.15) is 0 Å². The van der Waals surface area contributed by atoms with Crippen LogP contribution in [0.2, 0.25) is 0 Å². The second-order valence-corrected chi connectivity index (χ2v) is 7.04. The summed E-state index contributed by atoms with van der Waals surface area (Å²) >= 11 is 0. The molecule has 30 heavy (non-hydrogen) atoms. The van der Waals surface area contributed by atoms with Crippen LogP contribution in [0.3, 0.4) is 0 Å². The number of nitrogens with zero attached hydrogens (tertiary/aromatic N) is 1. The number of likely N-dealkylation sites (N-methyl/N-ethyl adjacent to an activating group) is 1. The Bertz CT molecular complexity index is 838. The van der Waals surface area contributed by atoms with Crippen LogP contribution in [-0.4, -0.2) is 68.2 Å². The first kappa shape index (κ1) is 21.8. The molecule has 0 saturated carbocycles. The third-order valence-electron chi connectivity index (χ3n) is 5.23. The molecule has 0 bridgehead atoms. The topological polar surface area (TPSA) is 85.3 Å². The van der Waals surface area contributed by atoms with Crippen molar-refractivity contribution < 1.29 is 28.9 Å². The summed E-state index contributed by atoms with van der Waals surface area (Å²) in [6, 6.07) is 14.9. The molecule has 7 heteroatoms. The van der Waals surface area contributed by atoms with Gasteiger partial charge < -0.3 is 19.3 Å². The van der Waals surface area contributed by atoms with Gasteiger partial charge in [-0.3, -0.25) is 4.90 Å². The average Bonchev–Trinajstić information content (AvgIpc) is 3.07. The van der Waals surface area contributed by atoms with E-state index in [2.05, 4.69) is 12.1 Å². The lowest BCUT2D eigenvalue weighted by Crippen LogP contribution is -2.46. The summed E-state index contributed by atoms with van der Waals surface area (Å²) in [7, 11) is 1.41. The maximum atomic E-state index is 12.6. The Labute approximate surface area is 176 Å². The molecule has 0 aromatic heterocycles. The Kier molecular flexibility index (Phi) is 7.43. The standard InChI is InChI=1S/C23H27NO6/c1-3-28-12-13-29-15-21(22(25)26)24(2)23(27)30-14-20-18-10-6-4-8-16(18)17-9-5-7-11-19(17)20/h4-11,20-21H,3,12-15H2,1-2H3,(H,25,26)/t21-/m0/s1. The number of carboxylic acids is 1. The molecule has 1 N–H and O–H groups in total. The van der Waals surface area contributed by atoms with Crippen LogP contribution < -0.4 is 0 Å². The normalized spacial score (nSPS) is 13.4. The van der Waals surface area contributed by atoms with Crippen molar-refractivity contribution in [3.63, 3.8) is 0 Å². The van der Waals surface area contributed by atoms with Gasteiger partial charge in [0.15, 0.2) is 6.04 Å². The number of ether oxygens (including phenoxy) is 3. The molecule has 3 rings (SSSR count). The highest BCUT2D eigenvalue weighted by Gasteiger charge is 2.32. The van der Waals surface area contributed by atoms with Crippen molar-refractivity contribution in [1.82, 2.24) is 4.90 Å². The molecule has 0 fully saturated rings. The molecule has 0 radical (unpaired) electrons. The van der Waals surface area contributed by atoms with Gasteiger partial charge in [0.05, 0.1) is 19.8 Å². The largest absolute Gasteiger partial charge is 0.480 e. The van der Waals surface area contributed by atoms with Crippen molar-refractivity contribution in [2.45, 2.75) is 18.9 Å². The number of carbonyl (C=O) groups is 2. The predicted octanol–water partition coefficient (Wildman–Crippen LogP) is 3.37. The molecule has 1 aliphatic rings. The zero-order valence-corrected chi connectivity index (χ0v) is 17.2. The van der Waals surface area contributed by atoms with E-state index in [0.29, 0.717) is 13.2 Å². The number of fused-ring (bicyclic) bond motifs is 3. The van der Waals surface area contributed by atoms with Crippen LogP contribution in [0.4, 0.5) is 4.79 Å². The van der Waals surface area contributed by atoms with E-state index in [1.807, 2.05) is 43.3 Å². The summed E-state index contributed by atoms with van der Waals surface area (Å²) in [5.74, 6) is -1.23. The minimum absolute atomic E-state index is 0.0829. The van der Waals surface area contributed by atoms with Crippen LogP contribution in [0.5, 0.6) is 0 Å². The number of amides is 1. The molecule has 0 heterocycles. The van der Waals surface area contributed by atoms with Crippen molar-refractivity contribution in [1.29, 1.82) is 0 Å². The third kappa shape index (κ3) is 4.80. The fourth-order valence-corrected chi connectivity index (χ4v) is 3.63. The first-order valence-electron chi connectivity index (χ1n) is 10.0. The summed E-state index contributed by atoms with van der Waals surface area (Å²) in [6.45, 7) is 3.06. The van der Waals surface area contributed by atoms with Crippen LogP contribution in [0, 0.1) is 0 Å². The molecule has 1 amide bonds. The van der Waals surface area contributed by atoms with E-state index in [9.17, 15) is 14.7 Å². The number of benzene rings is 2. The Morgan fingerprint density at radius 1 is 1.00 bits per heavy atom. The summed E-state index contributed by atoms with van der Waals surface area (Å²) in [4.78, 5) is 25.2. The van der Waals surface area contributed by atoms with Gasteiger partial charge in [-0.15, -0.1) is 0 Å². The van der Waals surface area contributed by atoms with Crippen molar-refractivity contribution in [2.24, 2.45) is 0 Å². The molecule has 160 valence electrons. The lowest BCUT2D eigenvalue weighted by atomic mass is 9.98. The van der Waals surface area contributed by atoms with Gasteiger partial charge in [0.1, 0.15) is 6.61 Å². The summed E-state index contributed by atoms with van der Waals surface area (Å²) in [5.41, 5.74) is 4.47. The Hall–Kier alpha value is -2.90. The van der Waals surface area contributed by atoms with Crippen LogP contribution in [0.25, 0.3) is 11.1 Å². The number of hydrogen-bond acceptors (Lipinski definition) is 5. The van der Waals surface area contributed by atoms with Gasteiger partial charge in [0.25, 0.3) is 0 Å². The summed E-state index contributed by atoms with van der Waals surface area (Å²) in [6.07, 6.45) is -0.697. The number of aliphatic carboxylic acids is 1. The Morgan fingerprint density at radius 3 is 2.13 bits per heavy atom. The van der Waals surface area contributed by atoms with E-state index < -0.39 is 18.1 Å². The fourth-order valence-electron chi connectivity index (χ4n) is 3.63. The molecule has 1 aliphatic carbocycles. The van der Waals surface area contributed by atoms with Crippen molar-refractivity contribution in [2.75, 3.05) is 40.1 Å². The van der Waals surface area contributed by atoms with Crippen molar-refractivity contribution in [3.8, 4) is 11.1 Å². The Balaban J connectivity index is 1.62. The van der Waals surface area contributed by atoms with Gasteiger partial charge in [-0.05, 0) is 29.2 Å². The minimum Gasteiger partial charge on any atom is -0.480 e. The molecule has 0 saturated heterocycles. The first-order valence-corrected chi connectivity index (χ1v) is 10.0. The molecule has 2 aromatic rings. The lowest BCUT2D eigenvalue weighted by molar-refractivity contribution is -0.144. The maximum absolute atomic E-state index is 12.6. The maximum Gasteiger partial charge on any atom is 0.410 e. The smallest absolute Gasteiger partial charge is 0.410 e. The molecule has 0 spiro atoms. The number of carbonyl (C=O) groups excluding carboxylic acids is 1. The van der Waals surface area contributed by atoms with E-state index in [1.54, 1.807) is 0 Å². The van der Waals surface area contributed by atoms with Crippen LogP contribution in [0.15, 0.2) is 48.5 Å². The van der Waals surface area contributed by atoms with Crippen LogP contribution >= 0.6 is 0 Å². The highest BCUT2D eigenvalue weighted by molar-refractivity contribution is 5.81. The molecular weight excluding hydrogens is 386 g/mol. The van der Waals surface area contributed by atoms with E-state index in [4.69, 9.17) is 14.2 Å². The lowest BCUT2D eigenvalue weighted by Gasteiger charge is -2.25. The van der Waals surface area contributed by atoms with E-state index in [-0.39, 0.29) is 25.7 Å². The van der Waals surface area contributed by atoms with Crippen LogP contribution in [0.1, 0.15) is 24.0 Å². The summed E-state index contributed by atoms with van der Waals surface area (Å²) < 4.78 is 16.0. The highest BCUT2D eigenvalue weighted by atomic mass is 16.6. The number of carboxylic acid groups (broad SMARTS) is 1. The quantitative estimate of drug-likeness (QED) is 0.601. The van der Waals surface area contributed by atoms with Crippen molar-refractivity contribution >= 4 is 12.1 Å². The van der Waals surface area contributed by atoms with Crippen LogP contribution in [-0.2, 0) is 19.0 Å². The number of hydrogen-bond donors (Lipinski definition) is 1. The first-order chi connectivity index (χ1) is 14.5.